The maximum Gasteiger partial charge on any atom is 0.192 e. The fraction of sp³-hybridized carbons (Fsp3) is 0.256. The minimum atomic E-state index is -0.831. The Bertz CT molecular complexity index is 5020. The molecule has 0 spiro atoms. The second-order valence-corrected chi connectivity index (χ2v) is 31.5. The molecule has 16 bridgehead atoms. The van der Waals surface area contributed by atoms with Gasteiger partial charge in [0.1, 0.15) is 11.4 Å². The van der Waals surface area contributed by atoms with Crippen LogP contribution in [-0.2, 0) is 32.5 Å². The average Bonchev–Trinajstić information content (AvgIpc) is 1.70. The molecule has 0 saturated heterocycles. The van der Waals surface area contributed by atoms with E-state index in [0.29, 0.717) is 22.8 Å². The van der Waals surface area contributed by atoms with Gasteiger partial charge in [0.2, 0.25) is 0 Å². The quantitative estimate of drug-likeness (QED) is 0.129. The number of H-pyrrole nitrogens is 4. The second-order valence-electron chi connectivity index (χ2n) is 31.5. The van der Waals surface area contributed by atoms with E-state index in [1.54, 1.807) is 0 Å². The number of hydrogen-bond donors (Lipinski definition) is 4. The Hall–Kier alpha value is -10.5. The fourth-order valence-electron chi connectivity index (χ4n) is 13.2. The third-order valence-corrected chi connectivity index (χ3v) is 19.4. The highest BCUT2D eigenvalue weighted by atomic mass is 16.1. The third kappa shape index (κ3) is 11.7. The molecule has 4 N–H and O–H groups in total. The van der Waals surface area contributed by atoms with Crippen molar-refractivity contribution in [3.63, 3.8) is 0 Å². The zero-order valence-corrected chi connectivity index (χ0v) is 57.9. The van der Waals surface area contributed by atoms with Crippen molar-refractivity contribution in [2.24, 2.45) is 0 Å². The average molecular weight is 1260 g/mol. The number of carbonyl (C=O) groups is 2. The molecule has 10 heterocycles. The number of nitrogens with one attached hydrogen (secondary N) is 4. The molecule has 4 aromatic carbocycles. The molecule has 0 aliphatic carbocycles. The van der Waals surface area contributed by atoms with E-state index in [2.05, 4.69) is 260 Å². The summed E-state index contributed by atoms with van der Waals surface area (Å²) >= 11 is 0. The van der Waals surface area contributed by atoms with Gasteiger partial charge >= 0.3 is 0 Å². The van der Waals surface area contributed by atoms with Crippen molar-refractivity contribution in [2.75, 3.05) is 0 Å². The van der Waals surface area contributed by atoms with Crippen molar-refractivity contribution < 1.29 is 9.59 Å². The lowest BCUT2D eigenvalue weighted by atomic mass is 9.78. The lowest BCUT2D eigenvalue weighted by molar-refractivity contribution is 0.0913. The van der Waals surface area contributed by atoms with Crippen LogP contribution in [0.1, 0.15) is 199 Å². The van der Waals surface area contributed by atoms with Crippen LogP contribution in [0.5, 0.6) is 0 Å². The lowest BCUT2D eigenvalue weighted by Gasteiger charge is -2.26. The first-order chi connectivity index (χ1) is 45.3. The molecule has 4 aliphatic rings. The van der Waals surface area contributed by atoms with E-state index in [-0.39, 0.29) is 33.2 Å². The van der Waals surface area contributed by atoms with Crippen LogP contribution in [0.15, 0.2) is 158 Å². The number of rotatable bonds is 4. The first-order valence-corrected chi connectivity index (χ1v) is 33.3. The van der Waals surface area contributed by atoms with Crippen LogP contribution < -0.4 is 0 Å². The Morgan fingerprint density at radius 2 is 0.583 bits per heavy atom. The number of Topliss-reactive ketones (excluding diaryl/α,β-unsaturated/α-hetero) is 2. The molecule has 0 atom stereocenters. The number of aromatic amines is 4. The summed E-state index contributed by atoms with van der Waals surface area (Å²) in [5.41, 5.74) is 24.6. The van der Waals surface area contributed by atoms with Crippen LogP contribution in [0.2, 0.25) is 0 Å². The molecule has 14 rings (SSSR count). The van der Waals surface area contributed by atoms with Gasteiger partial charge in [0.15, 0.2) is 11.6 Å². The first kappa shape index (κ1) is 62.9. The predicted molar refractivity (Wildman–Crippen MR) is 397 cm³/mol. The summed E-state index contributed by atoms with van der Waals surface area (Å²) in [4.78, 5) is 64.1. The van der Waals surface area contributed by atoms with Crippen LogP contribution in [0, 0.1) is 11.8 Å². The SMILES string of the molecule is CC(C)(C)c1cc(-c2c3nc(c(-c4ccc(C#Cc5ccc(-c6c7nc(c(-c8cc(C(C)(C)C)cc(C(C)(C)C)c8)c8ccc(cc9nc(cc%10ccc6[nH]%10)C(=O)C9(C)C)[nH]8)C=C7)cc5)cc4)c4ccc(cc5nc(cc6ccc2[nH]6)C(C)(C)C5=O)[nH]4)C=C3)cc(C(C)(C)C)c1. The third-order valence-electron chi connectivity index (χ3n) is 19.4. The highest BCUT2D eigenvalue weighted by Gasteiger charge is 2.39. The zero-order chi connectivity index (χ0) is 67.8. The van der Waals surface area contributed by atoms with E-state index in [9.17, 15) is 9.59 Å². The molecule has 0 saturated carbocycles. The molecule has 96 heavy (non-hydrogen) atoms. The molecule has 0 radical (unpaired) electrons. The number of nitrogens with zero attached hydrogens (tertiary/aromatic N) is 4. The van der Waals surface area contributed by atoms with Crippen LogP contribution >= 0.6 is 0 Å². The van der Waals surface area contributed by atoms with Gasteiger partial charge in [-0.25, -0.2) is 19.9 Å². The molecule has 10 heteroatoms. The van der Waals surface area contributed by atoms with E-state index in [4.69, 9.17) is 19.9 Å². The van der Waals surface area contributed by atoms with Crippen LogP contribution in [0.3, 0.4) is 0 Å². The summed E-state index contributed by atoms with van der Waals surface area (Å²) in [5.74, 6) is 6.87. The highest BCUT2D eigenvalue weighted by molar-refractivity contribution is 6.06. The van der Waals surface area contributed by atoms with Crippen molar-refractivity contribution in [1.82, 2.24) is 39.9 Å². The van der Waals surface area contributed by atoms with Crippen LogP contribution in [-0.4, -0.2) is 51.4 Å². The summed E-state index contributed by atoms with van der Waals surface area (Å²) in [7, 11) is 0. The van der Waals surface area contributed by atoms with Gasteiger partial charge in [-0.2, -0.15) is 0 Å². The molecule has 478 valence electrons. The second kappa shape index (κ2) is 22.6. The number of carbonyl (C=O) groups excluding carboxylic acids is 2. The topological polar surface area (TPSA) is 149 Å². The van der Waals surface area contributed by atoms with Crippen molar-refractivity contribution in [2.45, 2.75) is 143 Å². The number of fused-ring (bicyclic) bond motifs is 16. The Morgan fingerprint density at radius 3 is 0.865 bits per heavy atom. The molecule has 6 aromatic heterocycles. The Kier molecular flexibility index (Phi) is 14.8. The molecule has 10 nitrogen and oxygen atoms in total. The predicted octanol–water partition coefficient (Wildman–Crippen LogP) is 20.9. The Labute approximate surface area is 562 Å². The molecular weight excluding hydrogens is 1180 g/mol. The van der Waals surface area contributed by atoms with Crippen LogP contribution in [0.4, 0.5) is 0 Å². The van der Waals surface area contributed by atoms with Crippen molar-refractivity contribution >= 4 is 80.0 Å². The minimum absolute atomic E-state index is 0.0345. The van der Waals surface area contributed by atoms with Crippen molar-refractivity contribution in [1.29, 1.82) is 0 Å². The number of benzene rings is 4. The summed E-state index contributed by atoms with van der Waals surface area (Å²) in [6.07, 6.45) is 8.48. The number of ketones is 2. The molecule has 0 unspecified atom stereocenters. The molecule has 0 fully saturated rings. The van der Waals surface area contributed by atoms with E-state index in [1.165, 1.54) is 22.3 Å². The summed E-state index contributed by atoms with van der Waals surface area (Å²) < 4.78 is 0. The summed E-state index contributed by atoms with van der Waals surface area (Å²) in [6, 6.07) is 54.9. The van der Waals surface area contributed by atoms with Gasteiger partial charge in [-0.3, -0.25) is 9.59 Å². The van der Waals surface area contributed by atoms with Crippen molar-refractivity contribution in [3.8, 4) is 56.3 Å². The van der Waals surface area contributed by atoms with Gasteiger partial charge < -0.3 is 19.9 Å². The number of hydrogen-bond acceptors (Lipinski definition) is 6. The maximum atomic E-state index is 14.1. The fourth-order valence-corrected chi connectivity index (χ4v) is 13.2. The maximum absolute atomic E-state index is 14.1. The molecular formula is C86H82N8O2. The van der Waals surface area contributed by atoms with Crippen LogP contribution in [0.25, 0.3) is 113 Å². The lowest BCUT2D eigenvalue weighted by Crippen LogP contribution is -2.23. The largest absolute Gasteiger partial charge is 0.355 e. The smallest absolute Gasteiger partial charge is 0.192 e. The Morgan fingerprint density at radius 1 is 0.312 bits per heavy atom. The van der Waals surface area contributed by atoms with Gasteiger partial charge in [0.25, 0.3) is 0 Å². The normalized spacial score (nSPS) is 14.5. The van der Waals surface area contributed by atoms with E-state index >= 15 is 0 Å². The zero-order valence-electron chi connectivity index (χ0n) is 57.9. The molecule has 10 aromatic rings. The molecule has 4 aliphatic heterocycles. The summed E-state index contributed by atoms with van der Waals surface area (Å²) in [5, 5.41) is 0. The monoisotopic (exact) mass is 1260 g/mol. The van der Waals surface area contributed by atoms with Gasteiger partial charge in [-0.05, 0) is 215 Å². The minimum Gasteiger partial charge on any atom is -0.355 e. The van der Waals surface area contributed by atoms with E-state index in [0.717, 1.165) is 123 Å². The van der Waals surface area contributed by atoms with E-state index in [1.807, 2.05) is 64.1 Å². The van der Waals surface area contributed by atoms with Gasteiger partial charge in [0.05, 0.1) is 45.0 Å². The van der Waals surface area contributed by atoms with Gasteiger partial charge in [-0.1, -0.05) is 156 Å². The molecule has 0 amide bonds. The standard InChI is InChI=1S/C86H82N8O2/c1-81(2,3)55-39-53(40-56(43-55)82(4,5)6)77-65-33-29-61(89-65)47-73-85(13,14)79(95)71(93-73)45-59-27-31-63(87-59)75(67-35-37-69(77)91-67)51-23-19-49(20-24-51)17-18-50-21-25-52(26-22-50)76-64-32-28-60(88-64)46-72-80(96)86(15,16)74(94-72)48-62-30-34-66(90-62)78(70-38-36-68(76)92-70)54-41-57(83(7,8)9)44-58(42-54)84(10,11)12/h19-48,87-90H,1-16H3. The highest BCUT2D eigenvalue weighted by Crippen LogP contribution is 2.43. The van der Waals surface area contributed by atoms with Crippen molar-refractivity contribution in [3.05, 3.63) is 237 Å². The first-order valence-electron chi connectivity index (χ1n) is 33.3. The summed E-state index contributed by atoms with van der Waals surface area (Å²) in [6.45, 7) is 35.0. The van der Waals surface area contributed by atoms with E-state index < -0.39 is 10.8 Å². The number of aromatic nitrogens is 8. The Balaban J connectivity index is 0.882. The van der Waals surface area contributed by atoms with Gasteiger partial charge in [0, 0.05) is 77.5 Å². The van der Waals surface area contributed by atoms with Gasteiger partial charge in [-0.15, -0.1) is 0 Å².